The molecule has 0 aliphatic carbocycles. The van der Waals surface area contributed by atoms with E-state index >= 15 is 0 Å². The van der Waals surface area contributed by atoms with Crippen LogP contribution in [-0.2, 0) is 13.0 Å². The van der Waals surface area contributed by atoms with Crippen molar-refractivity contribution in [3.63, 3.8) is 0 Å². The van der Waals surface area contributed by atoms with E-state index in [1.807, 2.05) is 30.3 Å². The van der Waals surface area contributed by atoms with Crippen molar-refractivity contribution in [3.05, 3.63) is 72.1 Å². The van der Waals surface area contributed by atoms with Gasteiger partial charge in [-0.25, -0.2) is 0 Å². The van der Waals surface area contributed by atoms with Crippen molar-refractivity contribution < 1.29 is 4.52 Å². The monoisotopic (exact) mass is 402 g/mol. The molecule has 0 N–H and O–H groups in total. The highest BCUT2D eigenvalue weighted by atomic mass is 16.5. The number of benzene rings is 2. The summed E-state index contributed by atoms with van der Waals surface area (Å²) in [6.07, 6.45) is 5.06. The lowest BCUT2D eigenvalue weighted by molar-refractivity contribution is 0.0913. The predicted molar refractivity (Wildman–Crippen MR) is 118 cm³/mol. The largest absolute Gasteiger partial charge is 0.338 e. The second kappa shape index (κ2) is 8.70. The zero-order valence-electron chi connectivity index (χ0n) is 17.5. The Hall–Kier alpha value is -2.50. The van der Waals surface area contributed by atoms with Crippen molar-refractivity contribution in [1.82, 2.24) is 19.9 Å². The van der Waals surface area contributed by atoms with Crippen molar-refractivity contribution >= 4 is 0 Å². The Morgan fingerprint density at radius 1 is 0.867 bits per heavy atom. The van der Waals surface area contributed by atoms with Crippen LogP contribution in [0, 0.1) is 5.41 Å². The molecule has 5 heteroatoms. The zero-order valence-corrected chi connectivity index (χ0v) is 17.5. The molecule has 0 amide bonds. The summed E-state index contributed by atoms with van der Waals surface area (Å²) < 4.78 is 5.55. The Bertz CT molecular complexity index is 942. The predicted octanol–water partition coefficient (Wildman–Crippen LogP) is 4.27. The molecule has 2 aromatic carbocycles. The first-order valence-corrected chi connectivity index (χ1v) is 11.1. The SMILES string of the molecule is c1ccc(CCN2CCCC3(CCN(Cc4nc(-c5ccccc5)no4)C3)C2)cc1. The van der Waals surface area contributed by atoms with Crippen molar-refractivity contribution in [2.45, 2.75) is 32.2 Å². The minimum absolute atomic E-state index is 0.428. The number of aromatic nitrogens is 2. The van der Waals surface area contributed by atoms with Gasteiger partial charge >= 0.3 is 0 Å². The Morgan fingerprint density at radius 3 is 2.47 bits per heavy atom. The summed E-state index contributed by atoms with van der Waals surface area (Å²) in [5.74, 6) is 1.41. The summed E-state index contributed by atoms with van der Waals surface area (Å²) in [5, 5.41) is 4.18. The van der Waals surface area contributed by atoms with Gasteiger partial charge in [0.2, 0.25) is 11.7 Å². The van der Waals surface area contributed by atoms with Gasteiger partial charge in [0.15, 0.2) is 0 Å². The summed E-state index contributed by atoms with van der Waals surface area (Å²) in [5.41, 5.74) is 2.87. The minimum atomic E-state index is 0.428. The maximum absolute atomic E-state index is 5.55. The fourth-order valence-corrected chi connectivity index (χ4v) is 5.14. The smallest absolute Gasteiger partial charge is 0.241 e. The van der Waals surface area contributed by atoms with Gasteiger partial charge in [-0.15, -0.1) is 0 Å². The zero-order chi connectivity index (χ0) is 20.2. The van der Waals surface area contributed by atoms with Gasteiger partial charge in [0.25, 0.3) is 0 Å². The highest BCUT2D eigenvalue weighted by Crippen LogP contribution is 2.39. The van der Waals surface area contributed by atoms with Crippen molar-refractivity contribution in [1.29, 1.82) is 0 Å². The average molecular weight is 403 g/mol. The van der Waals surface area contributed by atoms with Crippen LogP contribution in [0.4, 0.5) is 0 Å². The van der Waals surface area contributed by atoms with Crippen molar-refractivity contribution in [2.24, 2.45) is 5.41 Å². The molecule has 3 aromatic rings. The van der Waals surface area contributed by atoms with E-state index in [-0.39, 0.29) is 0 Å². The van der Waals surface area contributed by atoms with Gasteiger partial charge in [-0.3, -0.25) is 4.90 Å². The lowest BCUT2D eigenvalue weighted by atomic mass is 9.79. The molecule has 2 aliphatic rings. The van der Waals surface area contributed by atoms with Gasteiger partial charge in [-0.05, 0) is 49.8 Å². The van der Waals surface area contributed by atoms with Crippen LogP contribution >= 0.6 is 0 Å². The Labute approximate surface area is 178 Å². The van der Waals surface area contributed by atoms with Crippen LogP contribution in [0.25, 0.3) is 11.4 Å². The number of likely N-dealkylation sites (tertiary alicyclic amines) is 2. The molecule has 3 heterocycles. The van der Waals surface area contributed by atoms with Crippen LogP contribution in [-0.4, -0.2) is 52.7 Å². The van der Waals surface area contributed by atoms with Crippen LogP contribution in [0.5, 0.6) is 0 Å². The van der Waals surface area contributed by atoms with E-state index in [9.17, 15) is 0 Å². The van der Waals surface area contributed by atoms with E-state index in [1.54, 1.807) is 0 Å². The van der Waals surface area contributed by atoms with E-state index in [0.717, 1.165) is 44.1 Å². The number of hydrogen-bond acceptors (Lipinski definition) is 5. The molecule has 0 bridgehead atoms. The first kappa shape index (κ1) is 19.5. The summed E-state index contributed by atoms with van der Waals surface area (Å²) in [4.78, 5) is 9.81. The summed E-state index contributed by atoms with van der Waals surface area (Å²) in [6, 6.07) is 20.9. The van der Waals surface area contributed by atoms with Gasteiger partial charge in [0.1, 0.15) is 0 Å². The molecular weight excluding hydrogens is 372 g/mol. The number of nitrogens with zero attached hydrogens (tertiary/aromatic N) is 4. The fourth-order valence-electron chi connectivity index (χ4n) is 5.14. The normalized spacial score (nSPS) is 22.7. The van der Waals surface area contributed by atoms with Gasteiger partial charge in [-0.2, -0.15) is 4.98 Å². The lowest BCUT2D eigenvalue weighted by Gasteiger charge is -2.40. The number of hydrogen-bond donors (Lipinski definition) is 0. The molecule has 2 fully saturated rings. The van der Waals surface area contributed by atoms with E-state index in [4.69, 9.17) is 4.52 Å². The topological polar surface area (TPSA) is 45.4 Å². The molecule has 1 atom stereocenters. The fraction of sp³-hybridized carbons (Fsp3) is 0.440. The van der Waals surface area contributed by atoms with E-state index in [0.29, 0.717) is 11.2 Å². The third-order valence-electron chi connectivity index (χ3n) is 6.68. The second-order valence-corrected chi connectivity index (χ2v) is 8.95. The van der Waals surface area contributed by atoms with E-state index < -0.39 is 0 Å². The second-order valence-electron chi connectivity index (χ2n) is 8.95. The van der Waals surface area contributed by atoms with Crippen LogP contribution in [0.3, 0.4) is 0 Å². The standard InChI is InChI=1S/C25H30N4O/c1-3-8-21(9-4-1)12-16-28-15-7-13-25(19-28)14-17-29(20-25)18-23-26-24(27-30-23)22-10-5-2-6-11-22/h1-6,8-11H,7,12-20H2. The summed E-state index contributed by atoms with van der Waals surface area (Å²) in [7, 11) is 0. The minimum Gasteiger partial charge on any atom is -0.338 e. The lowest BCUT2D eigenvalue weighted by Crippen LogP contribution is -2.45. The molecule has 0 radical (unpaired) electrons. The third kappa shape index (κ3) is 4.47. The molecular formula is C25H30N4O. The maximum Gasteiger partial charge on any atom is 0.241 e. The van der Waals surface area contributed by atoms with Gasteiger partial charge < -0.3 is 9.42 Å². The van der Waals surface area contributed by atoms with Crippen molar-refractivity contribution in [3.8, 4) is 11.4 Å². The van der Waals surface area contributed by atoms with Crippen LogP contribution in [0.15, 0.2) is 65.2 Å². The molecule has 2 saturated heterocycles. The molecule has 1 unspecified atom stereocenters. The Morgan fingerprint density at radius 2 is 1.63 bits per heavy atom. The molecule has 156 valence electrons. The summed E-state index contributed by atoms with van der Waals surface area (Å²) in [6.45, 7) is 6.63. The molecule has 1 spiro atoms. The van der Waals surface area contributed by atoms with Crippen LogP contribution < -0.4 is 0 Å². The van der Waals surface area contributed by atoms with Crippen molar-refractivity contribution in [2.75, 3.05) is 32.7 Å². The molecule has 2 aliphatic heterocycles. The number of piperidine rings is 1. The number of rotatable bonds is 6. The van der Waals surface area contributed by atoms with Gasteiger partial charge in [0.05, 0.1) is 6.54 Å². The molecule has 0 saturated carbocycles. The third-order valence-corrected chi connectivity index (χ3v) is 6.68. The van der Waals surface area contributed by atoms with Gasteiger partial charge in [0, 0.05) is 25.2 Å². The highest BCUT2D eigenvalue weighted by Gasteiger charge is 2.41. The van der Waals surface area contributed by atoms with E-state index in [1.165, 1.54) is 37.9 Å². The molecule has 30 heavy (non-hydrogen) atoms. The molecule has 1 aromatic heterocycles. The van der Waals surface area contributed by atoms with E-state index in [2.05, 4.69) is 50.3 Å². The Balaban J connectivity index is 1.16. The first-order valence-electron chi connectivity index (χ1n) is 11.1. The quantitative estimate of drug-likeness (QED) is 0.616. The Kier molecular flexibility index (Phi) is 5.65. The maximum atomic E-state index is 5.55. The molecule has 5 nitrogen and oxygen atoms in total. The van der Waals surface area contributed by atoms with Crippen LogP contribution in [0.1, 0.15) is 30.7 Å². The van der Waals surface area contributed by atoms with Gasteiger partial charge in [-0.1, -0.05) is 65.8 Å². The average Bonchev–Trinajstić information content (AvgIpc) is 3.41. The highest BCUT2D eigenvalue weighted by molar-refractivity contribution is 5.53. The first-order chi connectivity index (χ1) is 14.8. The van der Waals surface area contributed by atoms with Crippen LogP contribution in [0.2, 0.25) is 0 Å². The summed E-state index contributed by atoms with van der Waals surface area (Å²) >= 11 is 0. The molecule has 5 rings (SSSR count).